The lowest BCUT2D eigenvalue weighted by atomic mass is 10.4. The van der Waals surface area contributed by atoms with Gasteiger partial charge in [0, 0.05) is 6.20 Å². The van der Waals surface area contributed by atoms with E-state index in [2.05, 4.69) is 30.6 Å². The summed E-state index contributed by atoms with van der Waals surface area (Å²) in [6.45, 7) is -0.256. The van der Waals surface area contributed by atoms with Crippen LogP contribution in [0.25, 0.3) is 11.2 Å². The predicted molar refractivity (Wildman–Crippen MR) is 63.2 cm³/mol. The average Bonchev–Trinajstić information content (AvgIpc) is 2.63. The van der Waals surface area contributed by atoms with Crippen LogP contribution in [0.3, 0.4) is 0 Å². The van der Waals surface area contributed by atoms with Crippen molar-refractivity contribution in [3.63, 3.8) is 0 Å². The number of hydrogen-bond acceptors (Lipinski definition) is 6. The molecule has 90 valence electrons. The van der Waals surface area contributed by atoms with E-state index in [4.69, 9.17) is 10.8 Å². The Labute approximate surface area is 104 Å². The molecule has 17 heavy (non-hydrogen) atoms. The van der Waals surface area contributed by atoms with E-state index in [1.54, 1.807) is 6.20 Å². The number of anilines is 1. The Morgan fingerprint density at radius 2 is 2.35 bits per heavy atom. The van der Waals surface area contributed by atoms with Crippen LogP contribution in [-0.2, 0) is 11.5 Å². The third-order valence-corrected chi connectivity index (χ3v) is 2.78. The second-order valence-electron chi connectivity index (χ2n) is 3.21. The van der Waals surface area contributed by atoms with Gasteiger partial charge in [-0.1, -0.05) is 0 Å². The average molecular weight is 301 g/mol. The van der Waals surface area contributed by atoms with Gasteiger partial charge in [-0.3, -0.25) is 0 Å². The molecule has 2 rings (SSSR count). The molecule has 0 aliphatic carbocycles. The maximum atomic E-state index is 11.4. The van der Waals surface area contributed by atoms with Gasteiger partial charge in [-0.25, -0.2) is 14.8 Å². The zero-order valence-corrected chi connectivity index (χ0v) is 10.4. The SMILES string of the molecule is COC(=O)c1nc2c(Br)cn(CO)c2nc1N. The number of hydrogen-bond donors (Lipinski definition) is 2. The maximum Gasteiger partial charge on any atom is 0.360 e. The Bertz CT molecular complexity index is 595. The molecule has 3 N–H and O–H groups in total. The summed E-state index contributed by atoms with van der Waals surface area (Å²) in [6.07, 6.45) is 1.60. The molecule has 2 aromatic heterocycles. The van der Waals surface area contributed by atoms with Gasteiger partial charge in [-0.2, -0.15) is 0 Å². The topological polar surface area (TPSA) is 103 Å². The smallest absolute Gasteiger partial charge is 0.360 e. The highest BCUT2D eigenvalue weighted by molar-refractivity contribution is 9.10. The Hall–Kier alpha value is -1.67. The molecule has 8 heteroatoms. The van der Waals surface area contributed by atoms with E-state index in [0.717, 1.165) is 0 Å². The second kappa shape index (κ2) is 4.30. The zero-order chi connectivity index (χ0) is 12.6. The second-order valence-corrected chi connectivity index (χ2v) is 4.06. The first kappa shape index (κ1) is 11.8. The molecule has 0 aliphatic rings. The van der Waals surface area contributed by atoms with E-state index in [0.29, 0.717) is 15.6 Å². The number of nitrogen functional groups attached to an aromatic ring is 1. The number of halogens is 1. The van der Waals surface area contributed by atoms with Gasteiger partial charge in [0.1, 0.15) is 12.2 Å². The van der Waals surface area contributed by atoms with Crippen molar-refractivity contribution in [2.24, 2.45) is 0 Å². The highest BCUT2D eigenvalue weighted by Crippen LogP contribution is 2.25. The fourth-order valence-electron chi connectivity index (χ4n) is 1.41. The number of ether oxygens (including phenoxy) is 1. The van der Waals surface area contributed by atoms with Crippen LogP contribution in [0.4, 0.5) is 5.82 Å². The standard InChI is InChI=1S/C9H9BrN4O3/c1-17-9(16)6-7(11)13-8-5(12-6)4(10)2-14(8)3-15/h2,15H,3H2,1H3,(H2,11,13). The van der Waals surface area contributed by atoms with Crippen molar-refractivity contribution >= 4 is 38.9 Å². The molecular weight excluding hydrogens is 292 g/mol. The number of rotatable bonds is 2. The van der Waals surface area contributed by atoms with Crippen LogP contribution in [-0.4, -0.2) is 32.7 Å². The fraction of sp³-hybridized carbons (Fsp3) is 0.222. The number of fused-ring (bicyclic) bond motifs is 1. The summed E-state index contributed by atoms with van der Waals surface area (Å²) < 4.78 is 6.60. The van der Waals surface area contributed by atoms with Crippen molar-refractivity contribution in [2.75, 3.05) is 12.8 Å². The largest absolute Gasteiger partial charge is 0.464 e. The van der Waals surface area contributed by atoms with Gasteiger partial charge >= 0.3 is 5.97 Å². The van der Waals surface area contributed by atoms with Crippen LogP contribution in [0.1, 0.15) is 10.5 Å². The third-order valence-electron chi connectivity index (χ3n) is 2.20. The molecule has 2 heterocycles. The summed E-state index contributed by atoms with van der Waals surface area (Å²) in [4.78, 5) is 19.5. The van der Waals surface area contributed by atoms with Crippen molar-refractivity contribution < 1.29 is 14.6 Å². The molecule has 0 saturated carbocycles. The third kappa shape index (κ3) is 1.85. The van der Waals surface area contributed by atoms with E-state index in [-0.39, 0.29) is 18.2 Å². The Morgan fingerprint density at radius 3 is 2.94 bits per heavy atom. The maximum absolute atomic E-state index is 11.4. The summed E-state index contributed by atoms with van der Waals surface area (Å²) in [6, 6.07) is 0. The first-order valence-corrected chi connectivity index (χ1v) is 5.38. The molecule has 0 radical (unpaired) electrons. The molecule has 0 spiro atoms. The minimum atomic E-state index is -0.652. The number of nitrogens with zero attached hydrogens (tertiary/aromatic N) is 3. The van der Waals surface area contributed by atoms with E-state index in [9.17, 15) is 4.79 Å². The lowest BCUT2D eigenvalue weighted by Crippen LogP contribution is -2.11. The number of carbonyl (C=O) groups excluding carboxylic acids is 1. The zero-order valence-electron chi connectivity index (χ0n) is 8.85. The lowest BCUT2D eigenvalue weighted by molar-refractivity contribution is 0.0595. The number of aliphatic hydroxyl groups is 1. The number of aromatic nitrogens is 3. The Balaban J connectivity index is 2.72. The number of aliphatic hydroxyl groups excluding tert-OH is 1. The Kier molecular flexibility index (Phi) is 2.99. The van der Waals surface area contributed by atoms with Gasteiger partial charge in [0.05, 0.1) is 11.6 Å². The van der Waals surface area contributed by atoms with Crippen molar-refractivity contribution in [3.05, 3.63) is 16.4 Å². The molecule has 2 aromatic rings. The number of methoxy groups -OCH3 is 1. The van der Waals surface area contributed by atoms with Crippen LogP contribution >= 0.6 is 15.9 Å². The van der Waals surface area contributed by atoms with Gasteiger partial charge in [0.15, 0.2) is 17.2 Å². The molecule has 0 unspecified atom stereocenters. The van der Waals surface area contributed by atoms with Crippen molar-refractivity contribution in [1.29, 1.82) is 0 Å². The van der Waals surface area contributed by atoms with E-state index < -0.39 is 5.97 Å². The Morgan fingerprint density at radius 1 is 1.65 bits per heavy atom. The minimum Gasteiger partial charge on any atom is -0.464 e. The number of nitrogens with two attached hydrogens (primary N) is 1. The van der Waals surface area contributed by atoms with Crippen LogP contribution in [0.2, 0.25) is 0 Å². The van der Waals surface area contributed by atoms with Gasteiger partial charge < -0.3 is 20.1 Å². The molecule has 0 amide bonds. The van der Waals surface area contributed by atoms with Crippen LogP contribution in [0.15, 0.2) is 10.7 Å². The first-order valence-electron chi connectivity index (χ1n) is 4.59. The molecule has 0 atom stereocenters. The lowest BCUT2D eigenvalue weighted by Gasteiger charge is -2.03. The summed E-state index contributed by atoms with van der Waals surface area (Å²) in [7, 11) is 1.24. The molecule has 0 aromatic carbocycles. The van der Waals surface area contributed by atoms with Gasteiger partial charge in [0.25, 0.3) is 0 Å². The quantitative estimate of drug-likeness (QED) is 0.783. The van der Waals surface area contributed by atoms with Crippen molar-refractivity contribution in [3.8, 4) is 0 Å². The minimum absolute atomic E-state index is 0.0374. The van der Waals surface area contributed by atoms with Gasteiger partial charge in [0.2, 0.25) is 0 Å². The van der Waals surface area contributed by atoms with Gasteiger partial charge in [-0.05, 0) is 15.9 Å². The van der Waals surface area contributed by atoms with E-state index in [1.165, 1.54) is 11.7 Å². The van der Waals surface area contributed by atoms with Crippen LogP contribution < -0.4 is 5.73 Å². The first-order chi connectivity index (χ1) is 8.08. The van der Waals surface area contributed by atoms with E-state index >= 15 is 0 Å². The molecular formula is C9H9BrN4O3. The molecule has 0 bridgehead atoms. The molecule has 0 fully saturated rings. The fourth-order valence-corrected chi connectivity index (χ4v) is 1.93. The van der Waals surface area contributed by atoms with Gasteiger partial charge in [-0.15, -0.1) is 0 Å². The highest BCUT2D eigenvalue weighted by atomic mass is 79.9. The van der Waals surface area contributed by atoms with Crippen molar-refractivity contribution in [1.82, 2.24) is 14.5 Å². The summed E-state index contributed by atoms with van der Waals surface area (Å²) in [5, 5.41) is 9.11. The summed E-state index contributed by atoms with van der Waals surface area (Å²) in [5.41, 5.74) is 6.40. The monoisotopic (exact) mass is 300 g/mol. The molecule has 7 nitrogen and oxygen atoms in total. The molecule has 0 saturated heterocycles. The molecule has 0 aliphatic heterocycles. The predicted octanol–water partition coefficient (Wildman–Crippen LogP) is 0.512. The van der Waals surface area contributed by atoms with E-state index in [1.807, 2.05) is 0 Å². The number of esters is 1. The normalized spacial score (nSPS) is 10.8. The van der Waals surface area contributed by atoms with Crippen molar-refractivity contribution in [2.45, 2.75) is 6.73 Å². The summed E-state index contributed by atoms with van der Waals surface area (Å²) in [5.74, 6) is -0.690. The number of carbonyl (C=O) groups is 1. The summed E-state index contributed by atoms with van der Waals surface area (Å²) >= 11 is 3.26. The van der Waals surface area contributed by atoms with Crippen LogP contribution in [0.5, 0.6) is 0 Å². The highest BCUT2D eigenvalue weighted by Gasteiger charge is 2.18. The van der Waals surface area contributed by atoms with Crippen LogP contribution in [0, 0.1) is 0 Å².